The molecule has 1 unspecified atom stereocenters. The molecule has 1 aliphatic rings. The van der Waals surface area contributed by atoms with Gasteiger partial charge in [-0.25, -0.2) is 8.78 Å². The van der Waals surface area contributed by atoms with Gasteiger partial charge in [-0.3, -0.25) is 4.79 Å². The Labute approximate surface area is 114 Å². The molecule has 1 aromatic carbocycles. The van der Waals surface area contributed by atoms with Gasteiger partial charge in [-0.1, -0.05) is 6.07 Å². The summed E-state index contributed by atoms with van der Waals surface area (Å²) < 4.78 is 59.9. The second-order valence-electron chi connectivity index (χ2n) is 4.79. The summed E-state index contributed by atoms with van der Waals surface area (Å²) in [4.78, 5) is 12.9. The van der Waals surface area contributed by atoms with Crippen molar-refractivity contribution < 1.29 is 25.9 Å². The summed E-state index contributed by atoms with van der Waals surface area (Å²) in [5.41, 5.74) is 0.128. The molecule has 0 saturated carbocycles. The van der Waals surface area contributed by atoms with E-state index in [9.17, 15) is 25.9 Å². The molecular weight excluding hydrogens is 295 g/mol. The van der Waals surface area contributed by atoms with E-state index in [1.165, 1.54) is 11.0 Å². The molecule has 0 N–H and O–H groups in total. The molecule has 1 atom stereocenters. The molecule has 1 aliphatic heterocycles. The number of hydrogen-bond acceptors (Lipinski definition) is 3. The lowest BCUT2D eigenvalue weighted by atomic mass is 10.1. The molecule has 1 saturated heterocycles. The second kappa shape index (κ2) is 5.43. The van der Waals surface area contributed by atoms with Crippen LogP contribution >= 0.6 is 0 Å². The lowest BCUT2D eigenvalue weighted by molar-refractivity contribution is -0.128. The van der Waals surface area contributed by atoms with Gasteiger partial charge >= 0.3 is 10.2 Å². The SMILES string of the molecule is O=C1CC(CS(=O)(=O)F)CN1Cc1ccc(F)cc1F. The molecule has 4 nitrogen and oxygen atoms in total. The van der Waals surface area contributed by atoms with Gasteiger partial charge < -0.3 is 4.90 Å². The number of carbonyl (C=O) groups is 1. The molecule has 0 aliphatic carbocycles. The van der Waals surface area contributed by atoms with Gasteiger partial charge in [0.2, 0.25) is 5.91 Å². The summed E-state index contributed by atoms with van der Waals surface area (Å²) in [6.45, 7) is -0.0490. The highest BCUT2D eigenvalue weighted by atomic mass is 32.3. The first-order valence-corrected chi connectivity index (χ1v) is 7.44. The molecule has 0 radical (unpaired) electrons. The third kappa shape index (κ3) is 3.72. The van der Waals surface area contributed by atoms with E-state index < -0.39 is 33.5 Å². The molecule has 1 aromatic rings. The Morgan fingerprint density at radius 1 is 1.30 bits per heavy atom. The van der Waals surface area contributed by atoms with Gasteiger partial charge in [-0.05, 0) is 6.07 Å². The molecule has 1 amide bonds. The Balaban J connectivity index is 2.05. The van der Waals surface area contributed by atoms with E-state index in [1.54, 1.807) is 0 Å². The number of amides is 1. The molecular formula is C12H12F3NO3S. The van der Waals surface area contributed by atoms with E-state index in [0.717, 1.165) is 6.07 Å². The van der Waals surface area contributed by atoms with Crippen LogP contribution in [0.4, 0.5) is 12.7 Å². The monoisotopic (exact) mass is 307 g/mol. The maximum Gasteiger partial charge on any atom is 0.302 e. The fraction of sp³-hybridized carbons (Fsp3) is 0.417. The van der Waals surface area contributed by atoms with E-state index in [-0.39, 0.29) is 31.0 Å². The highest BCUT2D eigenvalue weighted by molar-refractivity contribution is 7.86. The minimum absolute atomic E-state index is 0.0405. The van der Waals surface area contributed by atoms with E-state index in [1.807, 2.05) is 0 Å². The Bertz CT molecular complexity index is 633. The van der Waals surface area contributed by atoms with Crippen molar-refractivity contribution in [1.29, 1.82) is 0 Å². The number of halogens is 3. The molecule has 0 aromatic heterocycles. The van der Waals surface area contributed by atoms with Crippen molar-refractivity contribution in [2.75, 3.05) is 12.3 Å². The summed E-state index contributed by atoms with van der Waals surface area (Å²) >= 11 is 0. The van der Waals surface area contributed by atoms with Crippen molar-refractivity contribution in [2.45, 2.75) is 13.0 Å². The maximum atomic E-state index is 13.5. The largest absolute Gasteiger partial charge is 0.338 e. The topological polar surface area (TPSA) is 54.5 Å². The zero-order valence-electron chi connectivity index (χ0n) is 10.4. The van der Waals surface area contributed by atoms with Crippen molar-refractivity contribution in [1.82, 2.24) is 4.90 Å². The second-order valence-corrected chi connectivity index (χ2v) is 6.20. The molecule has 110 valence electrons. The van der Waals surface area contributed by atoms with Crippen LogP contribution in [0.2, 0.25) is 0 Å². The lowest BCUT2D eigenvalue weighted by Gasteiger charge is -2.16. The molecule has 2 rings (SSSR count). The first-order valence-electron chi connectivity index (χ1n) is 5.88. The Hall–Kier alpha value is -1.57. The first kappa shape index (κ1) is 14.8. The number of carbonyl (C=O) groups excluding carboxylic acids is 1. The average Bonchev–Trinajstić information content (AvgIpc) is 2.60. The summed E-state index contributed by atoms with van der Waals surface area (Å²) in [7, 11) is -4.64. The zero-order valence-corrected chi connectivity index (χ0v) is 11.2. The van der Waals surface area contributed by atoms with Crippen LogP contribution in [0.15, 0.2) is 18.2 Å². The number of nitrogens with zero attached hydrogens (tertiary/aromatic N) is 1. The molecule has 20 heavy (non-hydrogen) atoms. The number of benzene rings is 1. The van der Waals surface area contributed by atoms with E-state index in [2.05, 4.69) is 0 Å². The van der Waals surface area contributed by atoms with E-state index >= 15 is 0 Å². The lowest BCUT2D eigenvalue weighted by Crippen LogP contribution is -2.26. The van der Waals surface area contributed by atoms with Gasteiger partial charge in [0.15, 0.2) is 0 Å². The van der Waals surface area contributed by atoms with Crippen LogP contribution < -0.4 is 0 Å². The zero-order chi connectivity index (χ0) is 14.9. The van der Waals surface area contributed by atoms with Gasteiger partial charge in [-0.2, -0.15) is 8.42 Å². The minimum atomic E-state index is -4.64. The normalized spacial score (nSPS) is 19.6. The minimum Gasteiger partial charge on any atom is -0.338 e. The molecule has 1 heterocycles. The highest BCUT2D eigenvalue weighted by Gasteiger charge is 2.33. The fourth-order valence-electron chi connectivity index (χ4n) is 2.26. The molecule has 8 heteroatoms. The van der Waals surface area contributed by atoms with Gasteiger partial charge in [0.05, 0.1) is 5.75 Å². The first-order chi connectivity index (χ1) is 9.24. The fourth-order valence-corrected chi connectivity index (χ4v) is 3.04. The number of likely N-dealkylation sites (tertiary alicyclic amines) is 1. The van der Waals surface area contributed by atoms with Crippen LogP contribution in [-0.2, 0) is 21.6 Å². The van der Waals surface area contributed by atoms with Crippen LogP contribution in [0, 0.1) is 17.6 Å². The predicted molar refractivity (Wildman–Crippen MR) is 64.8 cm³/mol. The summed E-state index contributed by atoms with van der Waals surface area (Å²) in [6.07, 6.45) is -0.0913. The van der Waals surface area contributed by atoms with Crippen molar-refractivity contribution in [3.63, 3.8) is 0 Å². The number of rotatable bonds is 4. The summed E-state index contributed by atoms with van der Waals surface area (Å²) in [5.74, 6) is -3.23. The molecule has 0 spiro atoms. The van der Waals surface area contributed by atoms with Crippen LogP contribution in [0.1, 0.15) is 12.0 Å². The Kier molecular flexibility index (Phi) is 4.03. The highest BCUT2D eigenvalue weighted by Crippen LogP contribution is 2.23. The Morgan fingerprint density at radius 3 is 2.60 bits per heavy atom. The van der Waals surface area contributed by atoms with Crippen LogP contribution in [-0.4, -0.2) is 31.5 Å². The van der Waals surface area contributed by atoms with Crippen molar-refractivity contribution in [2.24, 2.45) is 5.92 Å². The van der Waals surface area contributed by atoms with Gasteiger partial charge in [0.1, 0.15) is 11.6 Å². The standard InChI is InChI=1S/C12H12F3NO3S/c13-10-2-1-9(11(14)4-10)6-16-5-8(3-12(16)17)7-20(15,18)19/h1-2,4,8H,3,5-7H2. The van der Waals surface area contributed by atoms with Crippen LogP contribution in [0.25, 0.3) is 0 Å². The van der Waals surface area contributed by atoms with E-state index in [0.29, 0.717) is 6.07 Å². The number of hydrogen-bond donors (Lipinski definition) is 0. The maximum absolute atomic E-state index is 13.5. The smallest absolute Gasteiger partial charge is 0.302 e. The molecule has 1 fully saturated rings. The van der Waals surface area contributed by atoms with Gasteiger partial charge in [-0.15, -0.1) is 3.89 Å². The van der Waals surface area contributed by atoms with Crippen molar-refractivity contribution in [3.8, 4) is 0 Å². The van der Waals surface area contributed by atoms with Crippen molar-refractivity contribution >= 4 is 16.1 Å². The van der Waals surface area contributed by atoms with Gasteiger partial charge in [0, 0.05) is 37.1 Å². The summed E-state index contributed by atoms with van der Waals surface area (Å²) in [5, 5.41) is 0. The third-order valence-electron chi connectivity index (χ3n) is 3.11. The average molecular weight is 307 g/mol. The van der Waals surface area contributed by atoms with E-state index in [4.69, 9.17) is 0 Å². The Morgan fingerprint density at radius 2 is 2.00 bits per heavy atom. The quantitative estimate of drug-likeness (QED) is 0.794. The predicted octanol–water partition coefficient (Wildman–Crippen LogP) is 1.61. The van der Waals surface area contributed by atoms with Crippen LogP contribution in [0.5, 0.6) is 0 Å². The van der Waals surface area contributed by atoms with Gasteiger partial charge in [0.25, 0.3) is 0 Å². The van der Waals surface area contributed by atoms with Crippen LogP contribution in [0.3, 0.4) is 0 Å². The summed E-state index contributed by atoms with van der Waals surface area (Å²) in [6, 6.07) is 3.00. The molecule has 0 bridgehead atoms. The van der Waals surface area contributed by atoms with Crippen molar-refractivity contribution in [3.05, 3.63) is 35.4 Å². The third-order valence-corrected chi connectivity index (χ3v) is 3.98.